The summed E-state index contributed by atoms with van der Waals surface area (Å²) in [7, 11) is 3.55. The molecule has 1 aliphatic rings. The zero-order valence-electron chi connectivity index (χ0n) is 11.3. The Kier molecular flexibility index (Phi) is 4.16. The van der Waals surface area contributed by atoms with Crippen LogP contribution in [0.25, 0.3) is 0 Å². The van der Waals surface area contributed by atoms with E-state index in [0.717, 1.165) is 24.2 Å². The molecule has 0 aliphatic carbocycles. The summed E-state index contributed by atoms with van der Waals surface area (Å²) in [4.78, 5) is 26.9. The molecule has 0 atom stereocenters. The van der Waals surface area contributed by atoms with E-state index in [1.807, 2.05) is 31.3 Å². The van der Waals surface area contributed by atoms with Gasteiger partial charge in [0.2, 0.25) is 11.8 Å². The summed E-state index contributed by atoms with van der Waals surface area (Å²) in [5.41, 5.74) is 1.94. The van der Waals surface area contributed by atoms with Gasteiger partial charge in [-0.15, -0.1) is 0 Å². The van der Waals surface area contributed by atoms with Crippen molar-refractivity contribution in [3.63, 3.8) is 0 Å². The number of carbonyl (C=O) groups excluding carboxylic acids is 2. The molecule has 1 aromatic carbocycles. The Morgan fingerprint density at radius 2 is 1.89 bits per heavy atom. The van der Waals surface area contributed by atoms with Gasteiger partial charge in [0.25, 0.3) is 0 Å². The molecular formula is C14H19N3O2. The van der Waals surface area contributed by atoms with Crippen LogP contribution in [0.1, 0.15) is 5.56 Å². The Hall–Kier alpha value is -1.88. The minimum Gasteiger partial charge on any atom is -0.335 e. The van der Waals surface area contributed by atoms with Crippen LogP contribution in [0.3, 0.4) is 0 Å². The maximum Gasteiger partial charge on any atom is 0.247 e. The number of para-hydroxylation sites is 1. The second-order valence-corrected chi connectivity index (χ2v) is 4.71. The summed E-state index contributed by atoms with van der Waals surface area (Å²) in [5.74, 6) is -0.0537. The number of amides is 2. The van der Waals surface area contributed by atoms with Gasteiger partial charge in [-0.1, -0.05) is 18.2 Å². The number of hydrogen-bond donors (Lipinski definition) is 1. The summed E-state index contributed by atoms with van der Waals surface area (Å²) < 4.78 is 0. The Labute approximate surface area is 113 Å². The molecule has 2 amide bonds. The molecule has 0 aromatic heterocycles. The van der Waals surface area contributed by atoms with Gasteiger partial charge in [0.05, 0.1) is 6.54 Å². The van der Waals surface area contributed by atoms with Crippen LogP contribution in [-0.2, 0) is 16.0 Å². The van der Waals surface area contributed by atoms with E-state index in [1.165, 1.54) is 4.90 Å². The van der Waals surface area contributed by atoms with Crippen molar-refractivity contribution in [3.8, 4) is 0 Å². The molecule has 5 heteroatoms. The number of carbonyl (C=O) groups is 2. The van der Waals surface area contributed by atoms with Gasteiger partial charge in [0.1, 0.15) is 6.54 Å². The van der Waals surface area contributed by atoms with E-state index in [2.05, 4.69) is 5.32 Å². The van der Waals surface area contributed by atoms with Crippen LogP contribution >= 0.6 is 0 Å². The fourth-order valence-electron chi connectivity index (χ4n) is 2.19. The minimum absolute atomic E-state index is 0.0250. The fourth-order valence-corrected chi connectivity index (χ4v) is 2.19. The lowest BCUT2D eigenvalue weighted by atomic mass is 10.1. The second kappa shape index (κ2) is 5.84. The van der Waals surface area contributed by atoms with E-state index in [1.54, 1.807) is 11.9 Å². The molecule has 2 rings (SSSR count). The summed E-state index contributed by atoms with van der Waals surface area (Å²) in [6.07, 6.45) is 0.834. The molecule has 1 heterocycles. The molecule has 0 spiro atoms. The zero-order valence-corrected chi connectivity index (χ0v) is 11.3. The molecule has 102 valence electrons. The van der Waals surface area contributed by atoms with Crippen molar-refractivity contribution in [3.05, 3.63) is 29.8 Å². The highest BCUT2D eigenvalue weighted by molar-refractivity contribution is 6.04. The number of benzene rings is 1. The standard InChI is InChI=1S/C14H19N3O2/c1-15-8-7-11-5-3-4-6-12(11)17-10-13(18)16(2)9-14(17)19/h3-6,15H,7-10H2,1-2H3. The van der Waals surface area contributed by atoms with Crippen molar-refractivity contribution in [1.82, 2.24) is 10.2 Å². The molecule has 1 aliphatic heterocycles. The highest BCUT2D eigenvalue weighted by atomic mass is 16.2. The van der Waals surface area contributed by atoms with Gasteiger partial charge in [-0.2, -0.15) is 0 Å². The average molecular weight is 261 g/mol. The molecule has 0 saturated carbocycles. The first-order chi connectivity index (χ1) is 9.13. The number of anilines is 1. The summed E-state index contributed by atoms with van der Waals surface area (Å²) in [6.45, 7) is 1.12. The van der Waals surface area contributed by atoms with E-state index in [-0.39, 0.29) is 24.9 Å². The van der Waals surface area contributed by atoms with Crippen LogP contribution in [0.2, 0.25) is 0 Å². The normalized spacial score (nSPS) is 16.1. The lowest BCUT2D eigenvalue weighted by Gasteiger charge is -2.32. The van der Waals surface area contributed by atoms with Gasteiger partial charge in [-0.05, 0) is 31.6 Å². The van der Waals surface area contributed by atoms with E-state index in [4.69, 9.17) is 0 Å². The SMILES string of the molecule is CNCCc1ccccc1N1CC(=O)N(C)CC1=O. The predicted molar refractivity (Wildman–Crippen MR) is 74.1 cm³/mol. The summed E-state index contributed by atoms with van der Waals surface area (Å²) >= 11 is 0. The van der Waals surface area contributed by atoms with E-state index >= 15 is 0 Å². The Bertz CT molecular complexity index is 487. The third-order valence-corrected chi connectivity index (χ3v) is 3.32. The first-order valence-electron chi connectivity index (χ1n) is 6.40. The summed E-state index contributed by atoms with van der Waals surface area (Å²) in [6, 6.07) is 7.76. The van der Waals surface area contributed by atoms with Gasteiger partial charge in [0, 0.05) is 12.7 Å². The van der Waals surface area contributed by atoms with Crippen molar-refractivity contribution in [1.29, 1.82) is 0 Å². The zero-order chi connectivity index (χ0) is 13.8. The van der Waals surface area contributed by atoms with Crippen LogP contribution in [0, 0.1) is 0 Å². The Morgan fingerprint density at radius 1 is 1.16 bits per heavy atom. The largest absolute Gasteiger partial charge is 0.335 e. The van der Waals surface area contributed by atoms with Gasteiger partial charge >= 0.3 is 0 Å². The highest BCUT2D eigenvalue weighted by Crippen LogP contribution is 2.22. The Morgan fingerprint density at radius 3 is 2.63 bits per heavy atom. The lowest BCUT2D eigenvalue weighted by Crippen LogP contribution is -2.52. The van der Waals surface area contributed by atoms with Crippen LogP contribution in [0.4, 0.5) is 5.69 Å². The quantitative estimate of drug-likeness (QED) is 0.845. The average Bonchev–Trinajstić information content (AvgIpc) is 2.41. The maximum absolute atomic E-state index is 12.1. The molecule has 0 unspecified atom stereocenters. The third-order valence-electron chi connectivity index (χ3n) is 3.32. The Balaban J connectivity index is 2.25. The molecule has 19 heavy (non-hydrogen) atoms. The van der Waals surface area contributed by atoms with Gasteiger partial charge in [-0.3, -0.25) is 9.59 Å². The maximum atomic E-state index is 12.1. The number of rotatable bonds is 4. The third kappa shape index (κ3) is 2.93. The lowest BCUT2D eigenvalue weighted by molar-refractivity contribution is -0.136. The smallest absolute Gasteiger partial charge is 0.247 e. The van der Waals surface area contributed by atoms with Gasteiger partial charge < -0.3 is 15.1 Å². The van der Waals surface area contributed by atoms with Crippen molar-refractivity contribution < 1.29 is 9.59 Å². The van der Waals surface area contributed by atoms with Crippen molar-refractivity contribution in [2.24, 2.45) is 0 Å². The van der Waals surface area contributed by atoms with Crippen LogP contribution in [0.5, 0.6) is 0 Å². The predicted octanol–water partition coefficient (Wildman–Crippen LogP) is 0.253. The molecule has 0 radical (unpaired) electrons. The number of likely N-dealkylation sites (N-methyl/N-ethyl adjacent to an activating group) is 2. The molecule has 0 bridgehead atoms. The van der Waals surface area contributed by atoms with Gasteiger partial charge in [0.15, 0.2) is 0 Å². The molecule has 1 aromatic rings. The molecule has 1 N–H and O–H groups in total. The summed E-state index contributed by atoms with van der Waals surface area (Å²) in [5, 5.41) is 3.09. The van der Waals surface area contributed by atoms with E-state index in [9.17, 15) is 9.59 Å². The van der Waals surface area contributed by atoms with Crippen molar-refractivity contribution in [2.75, 3.05) is 38.6 Å². The monoisotopic (exact) mass is 261 g/mol. The first kappa shape index (κ1) is 13.5. The highest BCUT2D eigenvalue weighted by Gasteiger charge is 2.29. The minimum atomic E-state index is -0.0287. The first-order valence-corrected chi connectivity index (χ1v) is 6.40. The van der Waals surface area contributed by atoms with E-state index in [0.29, 0.717) is 0 Å². The second-order valence-electron chi connectivity index (χ2n) is 4.71. The van der Waals surface area contributed by atoms with Gasteiger partial charge in [-0.25, -0.2) is 0 Å². The topological polar surface area (TPSA) is 52.7 Å². The molecular weight excluding hydrogens is 242 g/mol. The van der Waals surface area contributed by atoms with Crippen LogP contribution in [0.15, 0.2) is 24.3 Å². The molecule has 1 fully saturated rings. The van der Waals surface area contributed by atoms with Crippen LogP contribution in [-0.4, -0.2) is 50.4 Å². The van der Waals surface area contributed by atoms with E-state index < -0.39 is 0 Å². The number of nitrogens with one attached hydrogen (secondary N) is 1. The van der Waals surface area contributed by atoms with Crippen molar-refractivity contribution >= 4 is 17.5 Å². The number of nitrogens with zero attached hydrogens (tertiary/aromatic N) is 2. The fraction of sp³-hybridized carbons (Fsp3) is 0.429. The molecule has 5 nitrogen and oxygen atoms in total. The van der Waals surface area contributed by atoms with Crippen LogP contribution < -0.4 is 10.2 Å². The molecule has 1 saturated heterocycles. The number of hydrogen-bond acceptors (Lipinski definition) is 3. The van der Waals surface area contributed by atoms with Crippen molar-refractivity contribution in [2.45, 2.75) is 6.42 Å². The number of piperazine rings is 1.